The monoisotopic (exact) mass is 247 g/mol. The molecule has 1 aliphatic carbocycles. The summed E-state index contributed by atoms with van der Waals surface area (Å²) in [6.45, 7) is 2.67. The third-order valence-corrected chi connectivity index (χ3v) is 3.82. The Hall–Kier alpha value is -0.860. The summed E-state index contributed by atoms with van der Waals surface area (Å²) in [5.74, 6) is 0. The average molecular weight is 247 g/mol. The predicted octanol–water partition coefficient (Wildman–Crippen LogP) is 3.73. The van der Waals surface area contributed by atoms with E-state index in [1.807, 2.05) is 0 Å². The van der Waals surface area contributed by atoms with Crippen LogP contribution in [0.2, 0.25) is 0 Å². The average Bonchev–Trinajstić information content (AvgIpc) is 2.66. The van der Waals surface area contributed by atoms with Gasteiger partial charge >= 0.3 is 0 Å². The molecule has 0 bridgehead atoms. The molecule has 1 saturated carbocycles. The van der Waals surface area contributed by atoms with E-state index >= 15 is 0 Å². The van der Waals surface area contributed by atoms with Gasteiger partial charge < -0.3 is 10.5 Å². The van der Waals surface area contributed by atoms with Crippen LogP contribution in [0.5, 0.6) is 0 Å². The second-order valence-electron chi connectivity index (χ2n) is 5.38. The van der Waals surface area contributed by atoms with Crippen molar-refractivity contribution in [2.45, 2.75) is 57.7 Å². The zero-order valence-electron chi connectivity index (χ0n) is 11.4. The molecule has 1 unspecified atom stereocenters. The lowest BCUT2D eigenvalue weighted by molar-refractivity contribution is -0.0161. The van der Waals surface area contributed by atoms with Crippen LogP contribution < -0.4 is 5.73 Å². The third-order valence-electron chi connectivity index (χ3n) is 3.82. The minimum atomic E-state index is 0.0636. The van der Waals surface area contributed by atoms with Gasteiger partial charge in [0.05, 0.1) is 12.2 Å². The van der Waals surface area contributed by atoms with Crippen molar-refractivity contribution in [2.75, 3.05) is 6.54 Å². The van der Waals surface area contributed by atoms with Crippen LogP contribution in [0.15, 0.2) is 24.3 Å². The van der Waals surface area contributed by atoms with Crippen LogP contribution in [0.4, 0.5) is 0 Å². The van der Waals surface area contributed by atoms with Crippen LogP contribution in [-0.4, -0.2) is 12.6 Å². The van der Waals surface area contributed by atoms with Crippen LogP contribution in [0.1, 0.15) is 55.8 Å². The highest BCUT2D eigenvalue weighted by Crippen LogP contribution is 2.26. The lowest BCUT2D eigenvalue weighted by atomic mass is 10.1. The van der Waals surface area contributed by atoms with Crippen LogP contribution in [0.3, 0.4) is 0 Å². The summed E-state index contributed by atoms with van der Waals surface area (Å²) in [6, 6.07) is 8.55. The number of aryl methyl sites for hydroxylation is 1. The number of ether oxygens (including phenoxy) is 1. The summed E-state index contributed by atoms with van der Waals surface area (Å²) in [4.78, 5) is 0. The second kappa shape index (κ2) is 6.91. The molecule has 0 spiro atoms. The molecule has 0 aliphatic heterocycles. The fourth-order valence-electron chi connectivity index (χ4n) is 2.66. The van der Waals surface area contributed by atoms with Crippen molar-refractivity contribution in [3.8, 4) is 0 Å². The first-order chi connectivity index (χ1) is 8.79. The van der Waals surface area contributed by atoms with Gasteiger partial charge in [-0.1, -0.05) is 55.5 Å². The van der Waals surface area contributed by atoms with Gasteiger partial charge in [-0.15, -0.1) is 0 Å². The van der Waals surface area contributed by atoms with E-state index in [1.165, 1.54) is 49.7 Å². The predicted molar refractivity (Wildman–Crippen MR) is 75.5 cm³/mol. The first-order valence-corrected chi connectivity index (χ1v) is 7.21. The minimum Gasteiger partial charge on any atom is -0.369 e. The number of nitrogens with two attached hydrogens (primary N) is 1. The Bertz CT molecular complexity index is 339. The molecule has 2 nitrogen and oxygen atoms in total. The summed E-state index contributed by atoms with van der Waals surface area (Å²) >= 11 is 0. The quantitative estimate of drug-likeness (QED) is 0.823. The molecule has 0 radical (unpaired) electrons. The maximum Gasteiger partial charge on any atom is 0.0950 e. The molecule has 0 aromatic heterocycles. The Balaban J connectivity index is 1.97. The summed E-state index contributed by atoms with van der Waals surface area (Å²) in [7, 11) is 0. The van der Waals surface area contributed by atoms with Crippen LogP contribution in [-0.2, 0) is 4.74 Å². The normalized spacial score (nSPS) is 19.4. The SMILES string of the molecule is Cc1ccc(C(CN)OC2CCCCCC2)cc1. The maximum atomic E-state index is 6.22. The van der Waals surface area contributed by atoms with E-state index < -0.39 is 0 Å². The van der Waals surface area contributed by atoms with E-state index in [9.17, 15) is 0 Å². The Morgan fingerprint density at radius 1 is 1.11 bits per heavy atom. The Morgan fingerprint density at radius 2 is 1.72 bits per heavy atom. The smallest absolute Gasteiger partial charge is 0.0950 e. The van der Waals surface area contributed by atoms with Gasteiger partial charge in [0.1, 0.15) is 0 Å². The van der Waals surface area contributed by atoms with Gasteiger partial charge in [-0.2, -0.15) is 0 Å². The Kier molecular flexibility index (Phi) is 5.21. The van der Waals surface area contributed by atoms with Crippen molar-refractivity contribution in [2.24, 2.45) is 5.73 Å². The van der Waals surface area contributed by atoms with Gasteiger partial charge in [0, 0.05) is 6.54 Å². The molecule has 1 aromatic rings. The molecule has 18 heavy (non-hydrogen) atoms. The van der Waals surface area contributed by atoms with E-state index in [-0.39, 0.29) is 6.10 Å². The zero-order chi connectivity index (χ0) is 12.8. The van der Waals surface area contributed by atoms with Gasteiger partial charge in [0.15, 0.2) is 0 Å². The molecule has 2 rings (SSSR count). The van der Waals surface area contributed by atoms with E-state index in [0.717, 1.165) is 0 Å². The number of hydrogen-bond donors (Lipinski definition) is 1. The van der Waals surface area contributed by atoms with E-state index in [1.54, 1.807) is 0 Å². The van der Waals surface area contributed by atoms with Gasteiger partial charge in [0.25, 0.3) is 0 Å². The highest BCUT2D eigenvalue weighted by Gasteiger charge is 2.18. The molecular formula is C16H25NO. The summed E-state index contributed by atoms with van der Waals surface area (Å²) in [5.41, 5.74) is 8.37. The van der Waals surface area contributed by atoms with Crippen molar-refractivity contribution >= 4 is 0 Å². The molecule has 1 aliphatic rings. The topological polar surface area (TPSA) is 35.2 Å². The van der Waals surface area contributed by atoms with Gasteiger partial charge in [-0.25, -0.2) is 0 Å². The van der Waals surface area contributed by atoms with Crippen LogP contribution >= 0.6 is 0 Å². The fourth-order valence-corrected chi connectivity index (χ4v) is 2.66. The van der Waals surface area contributed by atoms with E-state index in [0.29, 0.717) is 12.6 Å². The molecule has 0 saturated heterocycles. The van der Waals surface area contributed by atoms with E-state index in [2.05, 4.69) is 31.2 Å². The first-order valence-electron chi connectivity index (χ1n) is 7.21. The Labute approximate surface area is 111 Å². The largest absolute Gasteiger partial charge is 0.369 e. The van der Waals surface area contributed by atoms with Crippen molar-refractivity contribution in [1.29, 1.82) is 0 Å². The highest BCUT2D eigenvalue weighted by molar-refractivity contribution is 5.23. The second-order valence-corrected chi connectivity index (χ2v) is 5.38. The number of rotatable bonds is 4. The molecule has 0 heterocycles. The number of hydrogen-bond acceptors (Lipinski definition) is 2. The van der Waals surface area contributed by atoms with Crippen molar-refractivity contribution in [3.63, 3.8) is 0 Å². The minimum absolute atomic E-state index is 0.0636. The van der Waals surface area contributed by atoms with Crippen LogP contribution in [0, 0.1) is 6.92 Å². The fraction of sp³-hybridized carbons (Fsp3) is 0.625. The number of benzene rings is 1. The standard InChI is InChI=1S/C16H25NO/c1-13-8-10-14(11-9-13)16(12-17)18-15-6-4-2-3-5-7-15/h8-11,15-16H,2-7,12,17H2,1H3. The molecule has 0 amide bonds. The summed E-state index contributed by atoms with van der Waals surface area (Å²) in [6.07, 6.45) is 8.18. The maximum absolute atomic E-state index is 6.22. The highest BCUT2D eigenvalue weighted by atomic mass is 16.5. The summed E-state index contributed by atoms with van der Waals surface area (Å²) in [5, 5.41) is 0. The lowest BCUT2D eigenvalue weighted by Gasteiger charge is -2.23. The van der Waals surface area contributed by atoms with Crippen molar-refractivity contribution < 1.29 is 4.74 Å². The molecule has 2 N–H and O–H groups in total. The van der Waals surface area contributed by atoms with Crippen LogP contribution in [0.25, 0.3) is 0 Å². The van der Waals surface area contributed by atoms with E-state index in [4.69, 9.17) is 10.5 Å². The molecule has 100 valence electrons. The van der Waals surface area contributed by atoms with Gasteiger partial charge in [0.2, 0.25) is 0 Å². The van der Waals surface area contributed by atoms with Gasteiger partial charge in [-0.05, 0) is 25.3 Å². The lowest BCUT2D eigenvalue weighted by Crippen LogP contribution is -2.22. The van der Waals surface area contributed by atoms with Gasteiger partial charge in [-0.3, -0.25) is 0 Å². The van der Waals surface area contributed by atoms with Crippen molar-refractivity contribution in [3.05, 3.63) is 35.4 Å². The zero-order valence-corrected chi connectivity index (χ0v) is 11.4. The molecule has 2 heteroatoms. The summed E-state index contributed by atoms with van der Waals surface area (Å²) < 4.78 is 6.22. The van der Waals surface area contributed by atoms with Crippen molar-refractivity contribution in [1.82, 2.24) is 0 Å². The molecular weight excluding hydrogens is 222 g/mol. The third kappa shape index (κ3) is 3.82. The molecule has 1 fully saturated rings. The molecule has 1 atom stereocenters. The first kappa shape index (κ1) is 13.6. The molecule has 1 aromatic carbocycles. The Morgan fingerprint density at radius 3 is 2.28 bits per heavy atom.